The van der Waals surface area contributed by atoms with Crippen LogP contribution in [0, 0.1) is 0 Å². The fraction of sp³-hybridized carbons (Fsp3) is 0.0714. The molecule has 34 heavy (non-hydrogen) atoms. The molecule has 4 rings (SSSR count). The van der Waals surface area contributed by atoms with Crippen LogP contribution >= 0.6 is 0 Å². The van der Waals surface area contributed by atoms with Gasteiger partial charge in [-0.25, -0.2) is 9.59 Å². The normalized spacial score (nSPS) is 9.94. The zero-order valence-corrected chi connectivity index (χ0v) is 18.8. The van der Waals surface area contributed by atoms with Crippen molar-refractivity contribution in [2.75, 3.05) is 14.2 Å². The summed E-state index contributed by atoms with van der Waals surface area (Å²) >= 11 is 0. The maximum absolute atomic E-state index is 10.7. The molecule has 4 aromatic rings. The fourth-order valence-electron chi connectivity index (χ4n) is 3.18. The lowest BCUT2D eigenvalue weighted by Gasteiger charge is -2.04. The van der Waals surface area contributed by atoms with Gasteiger partial charge in [0, 0.05) is 0 Å². The molecule has 4 aromatic carbocycles. The van der Waals surface area contributed by atoms with Crippen molar-refractivity contribution >= 4 is 11.9 Å². The van der Waals surface area contributed by atoms with Crippen molar-refractivity contribution < 1.29 is 29.3 Å². The minimum Gasteiger partial charge on any atom is -0.497 e. The smallest absolute Gasteiger partial charge is 0.335 e. The molecule has 6 heteroatoms. The molecule has 0 aliphatic heterocycles. The molecule has 0 heterocycles. The van der Waals surface area contributed by atoms with Crippen LogP contribution in [0.15, 0.2) is 97.1 Å². The van der Waals surface area contributed by atoms with E-state index in [9.17, 15) is 9.59 Å². The van der Waals surface area contributed by atoms with Gasteiger partial charge in [0.05, 0.1) is 25.3 Å². The molecule has 0 aliphatic rings. The highest BCUT2D eigenvalue weighted by molar-refractivity contribution is 5.88. The Morgan fingerprint density at radius 2 is 0.706 bits per heavy atom. The zero-order chi connectivity index (χ0) is 24.5. The topological polar surface area (TPSA) is 93.1 Å². The highest BCUT2D eigenvalue weighted by atomic mass is 16.5. The molecule has 6 nitrogen and oxygen atoms in total. The third kappa shape index (κ3) is 6.23. The number of aromatic carboxylic acids is 2. The summed E-state index contributed by atoms with van der Waals surface area (Å²) in [6.07, 6.45) is 0. The van der Waals surface area contributed by atoms with Crippen LogP contribution in [0.25, 0.3) is 22.3 Å². The summed E-state index contributed by atoms with van der Waals surface area (Å²) in [6.45, 7) is 0. The van der Waals surface area contributed by atoms with E-state index in [1.54, 1.807) is 62.8 Å². The molecule has 172 valence electrons. The predicted molar refractivity (Wildman–Crippen MR) is 131 cm³/mol. The van der Waals surface area contributed by atoms with Gasteiger partial charge in [0.1, 0.15) is 11.5 Å². The Hall–Kier alpha value is -4.58. The van der Waals surface area contributed by atoms with Crippen molar-refractivity contribution in [2.45, 2.75) is 0 Å². The number of carboxylic acid groups (broad SMARTS) is 2. The van der Waals surface area contributed by atoms with E-state index in [0.717, 1.165) is 33.8 Å². The maximum Gasteiger partial charge on any atom is 0.335 e. The predicted octanol–water partition coefficient (Wildman–Crippen LogP) is 6.12. The molecule has 0 aliphatic carbocycles. The second kappa shape index (κ2) is 11.3. The van der Waals surface area contributed by atoms with E-state index in [0.29, 0.717) is 11.1 Å². The minimum atomic E-state index is -0.911. The third-order valence-corrected chi connectivity index (χ3v) is 5.11. The van der Waals surface area contributed by atoms with Crippen LogP contribution in [0.4, 0.5) is 0 Å². The number of rotatable bonds is 6. The number of benzene rings is 4. The Labute approximate surface area is 197 Å². The lowest BCUT2D eigenvalue weighted by molar-refractivity contribution is 0.0686. The minimum absolute atomic E-state index is 0.294. The molecular weight excluding hydrogens is 432 g/mol. The average molecular weight is 456 g/mol. The van der Waals surface area contributed by atoms with Gasteiger partial charge in [-0.15, -0.1) is 0 Å². The molecule has 0 fully saturated rings. The van der Waals surface area contributed by atoms with Gasteiger partial charge >= 0.3 is 11.9 Å². The second-order valence-electron chi connectivity index (χ2n) is 7.22. The van der Waals surface area contributed by atoms with Gasteiger partial charge in [-0.2, -0.15) is 0 Å². The van der Waals surface area contributed by atoms with Crippen LogP contribution < -0.4 is 9.47 Å². The third-order valence-electron chi connectivity index (χ3n) is 5.11. The van der Waals surface area contributed by atoms with Crippen LogP contribution in [0.3, 0.4) is 0 Å². The number of carboxylic acids is 2. The summed E-state index contributed by atoms with van der Waals surface area (Å²) in [7, 11) is 3.24. The molecule has 0 aromatic heterocycles. The van der Waals surface area contributed by atoms with E-state index >= 15 is 0 Å². The van der Waals surface area contributed by atoms with Gasteiger partial charge < -0.3 is 19.7 Å². The van der Waals surface area contributed by atoms with E-state index in [1.807, 2.05) is 48.5 Å². The summed E-state index contributed by atoms with van der Waals surface area (Å²) in [5, 5.41) is 17.6. The van der Waals surface area contributed by atoms with Crippen molar-refractivity contribution in [1.82, 2.24) is 0 Å². The number of hydrogen-bond donors (Lipinski definition) is 2. The number of ether oxygens (including phenoxy) is 2. The lowest BCUT2D eigenvalue weighted by atomic mass is 10.0. The number of hydrogen-bond acceptors (Lipinski definition) is 4. The van der Waals surface area contributed by atoms with Crippen molar-refractivity contribution in [2.24, 2.45) is 0 Å². The van der Waals surface area contributed by atoms with Crippen molar-refractivity contribution in [3.63, 3.8) is 0 Å². The second-order valence-corrected chi connectivity index (χ2v) is 7.22. The highest BCUT2D eigenvalue weighted by Gasteiger charge is 2.04. The summed E-state index contributed by atoms with van der Waals surface area (Å²) in [5.41, 5.74) is 4.62. The van der Waals surface area contributed by atoms with Gasteiger partial charge in [-0.05, 0) is 70.8 Å². The van der Waals surface area contributed by atoms with Crippen LogP contribution in [0.2, 0.25) is 0 Å². The monoisotopic (exact) mass is 456 g/mol. The summed E-state index contributed by atoms with van der Waals surface area (Å²) in [4.78, 5) is 21.4. The van der Waals surface area contributed by atoms with E-state index in [2.05, 4.69) is 0 Å². The Kier molecular flexibility index (Phi) is 8.02. The molecule has 0 saturated carbocycles. The number of methoxy groups -OCH3 is 2. The van der Waals surface area contributed by atoms with Crippen molar-refractivity contribution in [1.29, 1.82) is 0 Å². The quantitative estimate of drug-likeness (QED) is 0.363. The molecule has 0 amide bonds. The van der Waals surface area contributed by atoms with Crippen LogP contribution in [0.1, 0.15) is 20.7 Å². The molecule has 0 saturated heterocycles. The van der Waals surface area contributed by atoms with Crippen LogP contribution in [-0.4, -0.2) is 36.4 Å². The van der Waals surface area contributed by atoms with Crippen LogP contribution in [0.5, 0.6) is 11.5 Å². The first kappa shape index (κ1) is 24.1. The van der Waals surface area contributed by atoms with Gasteiger partial charge in [0.2, 0.25) is 0 Å². The Bertz CT molecular complexity index is 1130. The zero-order valence-electron chi connectivity index (χ0n) is 18.8. The van der Waals surface area contributed by atoms with Gasteiger partial charge in [-0.3, -0.25) is 0 Å². The molecule has 0 unspecified atom stereocenters. The van der Waals surface area contributed by atoms with E-state index in [1.165, 1.54) is 0 Å². The Balaban J connectivity index is 0.000000191. The highest BCUT2D eigenvalue weighted by Crippen LogP contribution is 2.23. The Morgan fingerprint density at radius 3 is 0.912 bits per heavy atom. The summed E-state index contributed by atoms with van der Waals surface area (Å²) in [5.74, 6) is -0.218. The largest absolute Gasteiger partial charge is 0.497 e. The Morgan fingerprint density at radius 1 is 0.471 bits per heavy atom. The van der Waals surface area contributed by atoms with E-state index in [-0.39, 0.29) is 0 Å². The van der Waals surface area contributed by atoms with E-state index in [4.69, 9.17) is 19.7 Å². The van der Waals surface area contributed by atoms with Crippen molar-refractivity contribution in [3.05, 3.63) is 108 Å². The number of carbonyl (C=O) groups is 2. The van der Waals surface area contributed by atoms with Crippen LogP contribution in [-0.2, 0) is 0 Å². The molecular formula is C28H24O6. The SMILES string of the molecule is COc1ccc(-c2ccc(C(=O)O)cc2)cc1.COc1ccc(-c2ccc(C(=O)O)cc2)cc1. The standard InChI is InChI=1S/2C14H12O3/c2*1-17-13-8-6-11(7-9-13)10-2-4-12(5-3-10)14(15)16/h2*2-9H,1H3,(H,15,16). The van der Waals surface area contributed by atoms with Gasteiger partial charge in [0.25, 0.3) is 0 Å². The molecule has 2 N–H and O–H groups in total. The molecule has 0 spiro atoms. The first-order valence-corrected chi connectivity index (χ1v) is 10.4. The summed E-state index contributed by atoms with van der Waals surface area (Å²) < 4.78 is 10.2. The molecule has 0 bridgehead atoms. The van der Waals surface area contributed by atoms with Crippen molar-refractivity contribution in [3.8, 4) is 33.8 Å². The average Bonchev–Trinajstić information content (AvgIpc) is 2.89. The molecule has 0 radical (unpaired) electrons. The van der Waals surface area contributed by atoms with E-state index < -0.39 is 11.9 Å². The summed E-state index contributed by atoms with van der Waals surface area (Å²) in [6, 6.07) is 28.8. The lowest BCUT2D eigenvalue weighted by Crippen LogP contribution is -1.94. The molecule has 0 atom stereocenters. The fourth-order valence-corrected chi connectivity index (χ4v) is 3.18. The van der Waals surface area contributed by atoms with Gasteiger partial charge in [-0.1, -0.05) is 48.5 Å². The maximum atomic E-state index is 10.7. The van der Waals surface area contributed by atoms with Gasteiger partial charge in [0.15, 0.2) is 0 Å². The first-order valence-electron chi connectivity index (χ1n) is 10.4. The first-order chi connectivity index (χ1) is 16.4.